The molecule has 0 unspecified atom stereocenters. The first kappa shape index (κ1) is 13.0. The summed E-state index contributed by atoms with van der Waals surface area (Å²) in [5.74, 6) is 0.203. The van der Waals surface area contributed by atoms with Crippen LogP contribution in [0.3, 0.4) is 0 Å². The maximum atomic E-state index is 11.7. The number of hydrogen-bond donors (Lipinski definition) is 0. The third-order valence-corrected chi connectivity index (χ3v) is 3.68. The zero-order valence-corrected chi connectivity index (χ0v) is 11.7. The Morgan fingerprint density at radius 3 is 2.72 bits per heavy atom. The number of carbonyl (C=O) groups excluding carboxylic acids is 1. The van der Waals surface area contributed by atoms with Gasteiger partial charge in [-0.15, -0.1) is 11.3 Å². The lowest BCUT2D eigenvalue weighted by atomic mass is 10.1. The number of aromatic nitrogens is 2. The molecule has 0 aliphatic carbocycles. The monoisotopic (exact) mass is 282 g/mol. The van der Waals surface area contributed by atoms with Gasteiger partial charge in [0.25, 0.3) is 0 Å². The fourth-order valence-electron chi connectivity index (χ4n) is 1.66. The highest BCUT2D eigenvalue weighted by atomic mass is 35.5. The zero-order valence-electron chi connectivity index (χ0n) is 10.2. The summed E-state index contributed by atoms with van der Waals surface area (Å²) in [6.45, 7) is 3.68. The van der Waals surface area contributed by atoms with Crippen molar-refractivity contribution in [1.29, 1.82) is 0 Å². The largest absolute Gasteiger partial charge is 0.465 e. The maximum absolute atomic E-state index is 11.7. The van der Waals surface area contributed by atoms with Gasteiger partial charge in [-0.25, -0.2) is 14.8 Å². The lowest BCUT2D eigenvalue weighted by Crippen LogP contribution is -2.02. The number of thiophene rings is 1. The van der Waals surface area contributed by atoms with E-state index in [0.717, 1.165) is 11.1 Å². The van der Waals surface area contributed by atoms with E-state index in [1.165, 1.54) is 18.4 Å². The lowest BCUT2D eigenvalue weighted by Gasteiger charge is -2.05. The van der Waals surface area contributed by atoms with E-state index in [-0.39, 0.29) is 5.97 Å². The Labute approximate surface area is 114 Å². The quantitative estimate of drug-likeness (QED) is 0.627. The highest BCUT2D eigenvalue weighted by molar-refractivity contribution is 7.12. The molecule has 2 rings (SSSR count). The molecule has 0 bridgehead atoms. The van der Waals surface area contributed by atoms with Gasteiger partial charge in [-0.05, 0) is 24.8 Å². The molecule has 0 saturated carbocycles. The number of rotatable bonds is 2. The van der Waals surface area contributed by atoms with Crippen LogP contribution in [-0.4, -0.2) is 23.0 Å². The van der Waals surface area contributed by atoms with Gasteiger partial charge in [-0.2, -0.15) is 0 Å². The number of halogens is 1. The molecule has 0 aliphatic rings. The molecule has 0 aliphatic heterocycles. The van der Waals surface area contributed by atoms with Gasteiger partial charge in [0.1, 0.15) is 15.9 Å². The summed E-state index contributed by atoms with van der Waals surface area (Å²) < 4.78 is 4.77. The second-order valence-electron chi connectivity index (χ2n) is 3.74. The highest BCUT2D eigenvalue weighted by Gasteiger charge is 2.19. The van der Waals surface area contributed by atoms with Gasteiger partial charge >= 0.3 is 5.97 Å². The van der Waals surface area contributed by atoms with Crippen molar-refractivity contribution in [1.82, 2.24) is 9.97 Å². The molecule has 0 aromatic carbocycles. The van der Waals surface area contributed by atoms with Crippen molar-refractivity contribution < 1.29 is 9.53 Å². The van der Waals surface area contributed by atoms with Crippen LogP contribution in [0.1, 0.15) is 21.1 Å². The van der Waals surface area contributed by atoms with Crippen LogP contribution in [0.4, 0.5) is 0 Å². The van der Waals surface area contributed by atoms with Crippen LogP contribution in [0.15, 0.2) is 11.4 Å². The number of nitrogens with zero attached hydrogens (tertiary/aromatic N) is 2. The molecule has 18 heavy (non-hydrogen) atoms. The summed E-state index contributed by atoms with van der Waals surface area (Å²) in [6, 6.07) is 1.65. The van der Waals surface area contributed by atoms with E-state index in [9.17, 15) is 4.79 Å². The standard InChI is InChI=1S/C12H11ClN2O2S/c1-6-5-18-11(12(16)17-3)10(6)8-4-9(13)15-7(2)14-8/h4-5H,1-3H3. The third kappa shape index (κ3) is 2.37. The Morgan fingerprint density at radius 2 is 2.11 bits per heavy atom. The van der Waals surface area contributed by atoms with E-state index in [1.54, 1.807) is 13.0 Å². The zero-order chi connectivity index (χ0) is 13.3. The highest BCUT2D eigenvalue weighted by Crippen LogP contribution is 2.32. The van der Waals surface area contributed by atoms with E-state index in [0.29, 0.717) is 21.5 Å². The average molecular weight is 283 g/mol. The summed E-state index contributed by atoms with van der Waals surface area (Å²) >= 11 is 7.26. The molecule has 0 spiro atoms. The topological polar surface area (TPSA) is 52.1 Å². The van der Waals surface area contributed by atoms with Crippen molar-refractivity contribution in [3.8, 4) is 11.3 Å². The van der Waals surface area contributed by atoms with Crippen LogP contribution < -0.4 is 0 Å². The summed E-state index contributed by atoms with van der Waals surface area (Å²) in [5.41, 5.74) is 2.38. The minimum Gasteiger partial charge on any atom is -0.465 e. The molecule has 0 N–H and O–H groups in total. The Bertz CT molecular complexity index is 590. The first-order chi connectivity index (χ1) is 8.52. The van der Waals surface area contributed by atoms with Crippen molar-refractivity contribution in [2.45, 2.75) is 13.8 Å². The lowest BCUT2D eigenvalue weighted by molar-refractivity contribution is 0.0607. The van der Waals surface area contributed by atoms with Crippen molar-refractivity contribution >= 4 is 28.9 Å². The Hall–Kier alpha value is -1.46. The van der Waals surface area contributed by atoms with Crippen molar-refractivity contribution in [2.75, 3.05) is 7.11 Å². The normalized spacial score (nSPS) is 10.4. The molecule has 2 aromatic heterocycles. The molecule has 4 nitrogen and oxygen atoms in total. The van der Waals surface area contributed by atoms with Crippen molar-refractivity contribution in [3.63, 3.8) is 0 Å². The van der Waals surface area contributed by atoms with Crippen LogP contribution in [0.2, 0.25) is 5.15 Å². The molecule has 0 saturated heterocycles. The summed E-state index contributed by atoms with van der Waals surface area (Å²) in [7, 11) is 1.36. The third-order valence-electron chi connectivity index (χ3n) is 2.41. The molecular formula is C12H11ClN2O2S. The van der Waals surface area contributed by atoms with Gasteiger partial charge in [-0.1, -0.05) is 11.6 Å². The predicted molar refractivity (Wildman–Crippen MR) is 71.2 cm³/mol. The Morgan fingerprint density at radius 1 is 1.39 bits per heavy atom. The minimum atomic E-state index is -0.365. The average Bonchev–Trinajstić information content (AvgIpc) is 2.69. The van der Waals surface area contributed by atoms with Crippen molar-refractivity contribution in [2.24, 2.45) is 0 Å². The van der Waals surface area contributed by atoms with E-state index in [1.807, 2.05) is 12.3 Å². The van der Waals surface area contributed by atoms with Gasteiger partial charge in [0, 0.05) is 11.6 Å². The second kappa shape index (κ2) is 5.04. The molecular weight excluding hydrogens is 272 g/mol. The number of hydrogen-bond acceptors (Lipinski definition) is 5. The van der Waals surface area contributed by atoms with Crippen LogP contribution in [0.5, 0.6) is 0 Å². The van der Waals surface area contributed by atoms with Gasteiger partial charge in [0.15, 0.2) is 0 Å². The molecule has 2 aromatic rings. The van der Waals surface area contributed by atoms with E-state index in [4.69, 9.17) is 16.3 Å². The number of aryl methyl sites for hydroxylation is 2. The second-order valence-corrected chi connectivity index (χ2v) is 5.00. The van der Waals surface area contributed by atoms with Crippen LogP contribution in [0, 0.1) is 13.8 Å². The van der Waals surface area contributed by atoms with Crippen molar-refractivity contribution in [3.05, 3.63) is 32.9 Å². The van der Waals surface area contributed by atoms with Gasteiger partial charge in [-0.3, -0.25) is 0 Å². The predicted octanol–water partition coefficient (Wildman–Crippen LogP) is 3.26. The summed E-state index contributed by atoms with van der Waals surface area (Å²) in [6.07, 6.45) is 0. The molecule has 0 atom stereocenters. The van der Waals surface area contributed by atoms with E-state index in [2.05, 4.69) is 9.97 Å². The number of methoxy groups -OCH3 is 1. The minimum absolute atomic E-state index is 0.360. The van der Waals surface area contributed by atoms with Crippen LogP contribution in [0.25, 0.3) is 11.3 Å². The van der Waals surface area contributed by atoms with E-state index < -0.39 is 0 Å². The first-order valence-electron chi connectivity index (χ1n) is 5.21. The van der Waals surface area contributed by atoms with Gasteiger partial charge in [0.2, 0.25) is 0 Å². The fourth-order valence-corrected chi connectivity index (χ4v) is 2.87. The summed E-state index contributed by atoms with van der Waals surface area (Å²) in [5, 5.41) is 2.26. The first-order valence-corrected chi connectivity index (χ1v) is 6.46. The number of ether oxygens (including phenoxy) is 1. The Balaban J connectivity index is 2.62. The SMILES string of the molecule is COC(=O)c1scc(C)c1-c1cc(Cl)nc(C)n1. The van der Waals surface area contributed by atoms with Crippen LogP contribution >= 0.6 is 22.9 Å². The number of carbonyl (C=O) groups is 1. The van der Waals surface area contributed by atoms with Gasteiger partial charge < -0.3 is 4.74 Å². The van der Waals surface area contributed by atoms with Gasteiger partial charge in [0.05, 0.1) is 12.8 Å². The Kier molecular flexibility index (Phi) is 3.63. The smallest absolute Gasteiger partial charge is 0.348 e. The number of esters is 1. The molecule has 2 heterocycles. The molecule has 0 amide bonds. The molecule has 6 heteroatoms. The molecule has 0 radical (unpaired) electrons. The van der Waals surface area contributed by atoms with Crippen LogP contribution in [-0.2, 0) is 4.74 Å². The van der Waals surface area contributed by atoms with E-state index >= 15 is 0 Å². The maximum Gasteiger partial charge on any atom is 0.348 e. The fraction of sp³-hybridized carbons (Fsp3) is 0.250. The molecule has 0 fully saturated rings. The molecule has 94 valence electrons. The summed E-state index contributed by atoms with van der Waals surface area (Å²) in [4.78, 5) is 20.6.